The van der Waals surface area contributed by atoms with Gasteiger partial charge < -0.3 is 5.73 Å². The quantitative estimate of drug-likeness (QED) is 0.876. The van der Waals surface area contributed by atoms with Crippen LogP contribution >= 0.6 is 22.9 Å². The van der Waals surface area contributed by atoms with Crippen LogP contribution in [-0.4, -0.2) is 15.0 Å². The number of rotatable bonds is 2. The van der Waals surface area contributed by atoms with Gasteiger partial charge >= 0.3 is 0 Å². The van der Waals surface area contributed by atoms with Crippen LogP contribution < -0.4 is 5.73 Å². The van der Waals surface area contributed by atoms with E-state index in [1.54, 1.807) is 11.3 Å². The molecule has 0 spiro atoms. The lowest BCUT2D eigenvalue weighted by atomic mass is 10.3. The second kappa shape index (κ2) is 4.12. The van der Waals surface area contributed by atoms with E-state index in [0.717, 1.165) is 11.3 Å². The molecule has 0 aliphatic carbocycles. The van der Waals surface area contributed by atoms with E-state index in [-0.39, 0.29) is 11.2 Å². The van der Waals surface area contributed by atoms with Crippen molar-refractivity contribution < 1.29 is 0 Å². The van der Waals surface area contributed by atoms with Gasteiger partial charge in [0.25, 0.3) is 0 Å². The first-order chi connectivity index (χ1) is 7.19. The smallest absolute Gasteiger partial charge is 0.227 e. The monoisotopic (exact) mass is 240 g/mol. The number of thiophene rings is 1. The maximum atomic E-state index is 5.70. The first-order valence-corrected chi connectivity index (χ1v) is 5.64. The third-order valence-electron chi connectivity index (χ3n) is 1.86. The van der Waals surface area contributed by atoms with E-state index >= 15 is 0 Å². The zero-order valence-corrected chi connectivity index (χ0v) is 9.64. The van der Waals surface area contributed by atoms with Crippen LogP contribution in [0.2, 0.25) is 5.28 Å². The third-order valence-corrected chi connectivity index (χ3v) is 3.25. The molecule has 0 atom stereocenters. The summed E-state index contributed by atoms with van der Waals surface area (Å²) in [5, 5.41) is 0.129. The number of nitrogens with two attached hydrogens (primary N) is 1. The number of nitrogens with zero attached hydrogens (tertiary/aromatic N) is 3. The molecule has 0 unspecified atom stereocenters. The molecule has 0 amide bonds. The molecule has 0 radical (unpaired) electrons. The first-order valence-electron chi connectivity index (χ1n) is 4.45. The maximum Gasteiger partial charge on any atom is 0.227 e. The highest BCUT2D eigenvalue weighted by Gasteiger charge is 2.07. The van der Waals surface area contributed by atoms with Crippen LogP contribution in [-0.2, 0) is 6.42 Å². The van der Waals surface area contributed by atoms with E-state index < -0.39 is 0 Å². The van der Waals surface area contributed by atoms with Gasteiger partial charge in [0.05, 0.1) is 4.88 Å². The number of aromatic nitrogens is 3. The molecule has 2 rings (SSSR count). The van der Waals surface area contributed by atoms with Gasteiger partial charge in [0.15, 0.2) is 5.82 Å². The van der Waals surface area contributed by atoms with Crippen molar-refractivity contribution in [2.24, 2.45) is 0 Å². The van der Waals surface area contributed by atoms with E-state index in [1.165, 1.54) is 4.88 Å². The second-order valence-electron chi connectivity index (χ2n) is 2.91. The minimum atomic E-state index is 0.129. The van der Waals surface area contributed by atoms with Gasteiger partial charge in [-0.15, -0.1) is 11.3 Å². The number of hydrogen-bond acceptors (Lipinski definition) is 5. The highest BCUT2D eigenvalue weighted by molar-refractivity contribution is 7.15. The lowest BCUT2D eigenvalue weighted by Gasteiger charge is -1.97. The van der Waals surface area contributed by atoms with Crippen LogP contribution in [0.15, 0.2) is 12.1 Å². The number of nitrogen functional groups attached to an aromatic ring is 1. The van der Waals surface area contributed by atoms with E-state index in [4.69, 9.17) is 17.3 Å². The summed E-state index contributed by atoms with van der Waals surface area (Å²) in [6.07, 6.45) is 0.999. The Morgan fingerprint density at radius 1 is 1.33 bits per heavy atom. The molecule has 2 heterocycles. The van der Waals surface area contributed by atoms with Crippen molar-refractivity contribution in [3.63, 3.8) is 0 Å². The van der Waals surface area contributed by atoms with Crippen LogP contribution in [0.25, 0.3) is 10.7 Å². The molecule has 15 heavy (non-hydrogen) atoms. The van der Waals surface area contributed by atoms with Gasteiger partial charge in [-0.2, -0.15) is 15.0 Å². The van der Waals surface area contributed by atoms with Crippen molar-refractivity contribution in [1.29, 1.82) is 0 Å². The minimum Gasteiger partial charge on any atom is -0.368 e. The highest BCUT2D eigenvalue weighted by Crippen LogP contribution is 2.26. The van der Waals surface area contributed by atoms with Crippen LogP contribution in [0.5, 0.6) is 0 Å². The zero-order valence-electron chi connectivity index (χ0n) is 8.07. The predicted octanol–water partition coefficient (Wildman–Crippen LogP) is 2.40. The molecule has 0 saturated carbocycles. The number of aryl methyl sites for hydroxylation is 1. The Morgan fingerprint density at radius 3 is 2.73 bits per heavy atom. The second-order valence-corrected chi connectivity index (χ2v) is 4.41. The first kappa shape index (κ1) is 10.3. The van der Waals surface area contributed by atoms with E-state index in [9.17, 15) is 0 Å². The fourth-order valence-electron chi connectivity index (χ4n) is 1.16. The molecular weight excluding hydrogens is 232 g/mol. The van der Waals surface area contributed by atoms with E-state index in [0.29, 0.717) is 5.82 Å². The summed E-state index contributed by atoms with van der Waals surface area (Å²) >= 11 is 7.34. The summed E-state index contributed by atoms with van der Waals surface area (Å²) in [7, 11) is 0. The molecule has 6 heteroatoms. The van der Waals surface area contributed by atoms with Gasteiger partial charge in [-0.1, -0.05) is 6.92 Å². The van der Waals surface area contributed by atoms with Gasteiger partial charge in [0.1, 0.15) is 0 Å². The summed E-state index contributed by atoms with van der Waals surface area (Å²) in [6.45, 7) is 2.10. The SMILES string of the molecule is CCc1ccc(-c2nc(N)nc(Cl)n2)s1. The summed E-state index contributed by atoms with van der Waals surface area (Å²) in [4.78, 5) is 14.0. The Labute approximate surface area is 96.2 Å². The summed E-state index contributed by atoms with van der Waals surface area (Å²) in [5.41, 5.74) is 5.49. The van der Waals surface area contributed by atoms with Gasteiger partial charge in [-0.3, -0.25) is 0 Å². The van der Waals surface area contributed by atoms with E-state index in [2.05, 4.69) is 21.9 Å². The average molecular weight is 241 g/mol. The van der Waals surface area contributed by atoms with Crippen molar-refractivity contribution in [3.05, 3.63) is 22.3 Å². The maximum absolute atomic E-state index is 5.70. The summed E-state index contributed by atoms with van der Waals surface area (Å²) in [5.74, 6) is 0.689. The Kier molecular flexibility index (Phi) is 2.83. The molecule has 2 aromatic rings. The van der Waals surface area contributed by atoms with Crippen molar-refractivity contribution in [2.75, 3.05) is 5.73 Å². The zero-order chi connectivity index (χ0) is 10.8. The average Bonchev–Trinajstić information content (AvgIpc) is 2.64. The Balaban J connectivity index is 2.44. The van der Waals surface area contributed by atoms with Crippen molar-refractivity contribution in [2.45, 2.75) is 13.3 Å². The molecule has 78 valence electrons. The molecule has 0 aliphatic heterocycles. The van der Waals surface area contributed by atoms with Gasteiger partial charge in [0, 0.05) is 4.88 Å². The molecule has 2 N–H and O–H groups in total. The Hall–Kier alpha value is -1.20. The van der Waals surface area contributed by atoms with E-state index in [1.807, 2.05) is 12.1 Å². The predicted molar refractivity (Wildman–Crippen MR) is 61.9 cm³/mol. The standard InChI is InChI=1S/C9H9ClN4S/c1-2-5-3-4-6(15-5)7-12-8(10)14-9(11)13-7/h3-4H,2H2,1H3,(H2,11,12,13,14). The number of hydrogen-bond donors (Lipinski definition) is 1. The Morgan fingerprint density at radius 2 is 2.13 bits per heavy atom. The topological polar surface area (TPSA) is 64.7 Å². The van der Waals surface area contributed by atoms with Gasteiger partial charge in [-0.25, -0.2) is 0 Å². The third kappa shape index (κ3) is 2.24. The molecule has 0 bridgehead atoms. The van der Waals surface area contributed by atoms with Crippen molar-refractivity contribution >= 4 is 28.9 Å². The minimum absolute atomic E-state index is 0.129. The molecule has 0 aromatic carbocycles. The van der Waals surface area contributed by atoms with Crippen LogP contribution in [0, 0.1) is 0 Å². The highest BCUT2D eigenvalue weighted by atomic mass is 35.5. The van der Waals surface area contributed by atoms with Crippen LogP contribution in [0.1, 0.15) is 11.8 Å². The molecule has 0 fully saturated rings. The number of halogens is 1. The fraction of sp³-hybridized carbons (Fsp3) is 0.222. The normalized spacial score (nSPS) is 10.5. The van der Waals surface area contributed by atoms with Crippen molar-refractivity contribution in [3.8, 4) is 10.7 Å². The van der Waals surface area contributed by atoms with Gasteiger partial charge in [0.2, 0.25) is 11.2 Å². The summed E-state index contributed by atoms with van der Waals surface area (Å²) in [6, 6.07) is 4.02. The molecular formula is C9H9ClN4S. The van der Waals surface area contributed by atoms with Crippen LogP contribution in [0.3, 0.4) is 0 Å². The molecule has 2 aromatic heterocycles. The van der Waals surface area contributed by atoms with Gasteiger partial charge in [-0.05, 0) is 30.2 Å². The molecule has 0 aliphatic rings. The lowest BCUT2D eigenvalue weighted by molar-refractivity contribution is 1.08. The van der Waals surface area contributed by atoms with Crippen LogP contribution in [0.4, 0.5) is 5.95 Å². The molecule has 4 nitrogen and oxygen atoms in total. The lowest BCUT2D eigenvalue weighted by Crippen LogP contribution is -1.98. The largest absolute Gasteiger partial charge is 0.368 e. The Bertz CT molecular complexity index is 462. The summed E-state index contributed by atoms with van der Waals surface area (Å²) < 4.78 is 0. The van der Waals surface area contributed by atoms with Crippen molar-refractivity contribution in [1.82, 2.24) is 15.0 Å². The number of anilines is 1. The fourth-order valence-corrected chi connectivity index (χ4v) is 2.21. The molecule has 0 saturated heterocycles.